The number of nitrogens with zero attached hydrogens (tertiary/aromatic N) is 4. The summed E-state index contributed by atoms with van der Waals surface area (Å²) in [5, 5.41) is 13.0. The molecule has 2 N–H and O–H groups in total. The molecule has 0 aliphatic carbocycles. The summed E-state index contributed by atoms with van der Waals surface area (Å²) < 4.78 is 1.47. The van der Waals surface area contributed by atoms with E-state index >= 15 is 0 Å². The quantitative estimate of drug-likeness (QED) is 0.469. The zero-order valence-corrected chi connectivity index (χ0v) is 9.86. The number of carbonyl (C=O) groups excluding carboxylic acids is 1. The van der Waals surface area contributed by atoms with Gasteiger partial charge in [-0.3, -0.25) is 10.0 Å². The molecule has 0 saturated heterocycles. The number of rotatable bonds is 3. The maximum atomic E-state index is 10.9. The van der Waals surface area contributed by atoms with Gasteiger partial charge in [0.2, 0.25) is 5.91 Å². The molecule has 89 valence electrons. The van der Waals surface area contributed by atoms with Crippen LogP contribution in [-0.2, 0) is 11.2 Å². The first-order chi connectivity index (χ1) is 8.10. The number of aryl methyl sites for hydroxylation is 2. The third kappa shape index (κ3) is 2.48. The standard InChI is InChI=1S/C9H10N5O2S/c1-5-10-9-11-6(2-3-7(15)13-16)4-8(17)14(9)12-5/h4,16H,2-3H2,1H3,(H,13,15). The SMILES string of the molecule is Cc1nc2nc(CCC(=O)NO)cc([S])n2n1. The molecule has 0 aliphatic rings. The van der Waals surface area contributed by atoms with Gasteiger partial charge in [-0.15, -0.1) is 5.10 Å². The van der Waals surface area contributed by atoms with Crippen molar-refractivity contribution in [2.45, 2.75) is 24.8 Å². The van der Waals surface area contributed by atoms with E-state index in [-0.39, 0.29) is 6.42 Å². The number of hydrogen-bond donors (Lipinski definition) is 2. The van der Waals surface area contributed by atoms with Gasteiger partial charge in [0.25, 0.3) is 5.78 Å². The lowest BCUT2D eigenvalue weighted by atomic mass is 10.2. The highest BCUT2D eigenvalue weighted by molar-refractivity contribution is 7.80. The number of fused-ring (bicyclic) bond motifs is 1. The average Bonchev–Trinajstić information content (AvgIpc) is 2.67. The summed E-state index contributed by atoms with van der Waals surface area (Å²) >= 11 is 5.13. The smallest absolute Gasteiger partial charge is 0.253 e. The van der Waals surface area contributed by atoms with Crippen molar-refractivity contribution >= 4 is 24.3 Å². The van der Waals surface area contributed by atoms with Crippen LogP contribution in [0.25, 0.3) is 5.78 Å². The number of nitrogens with one attached hydrogen (secondary N) is 1. The van der Waals surface area contributed by atoms with Crippen LogP contribution < -0.4 is 5.48 Å². The van der Waals surface area contributed by atoms with Crippen LogP contribution in [0.15, 0.2) is 11.1 Å². The van der Waals surface area contributed by atoms with E-state index < -0.39 is 5.91 Å². The van der Waals surface area contributed by atoms with E-state index in [1.807, 2.05) is 0 Å². The first-order valence-corrected chi connectivity index (χ1v) is 5.34. The fourth-order valence-electron chi connectivity index (χ4n) is 1.41. The van der Waals surface area contributed by atoms with Crippen molar-refractivity contribution in [1.82, 2.24) is 25.1 Å². The lowest BCUT2D eigenvalue weighted by Gasteiger charge is -2.01. The Morgan fingerprint density at radius 2 is 2.35 bits per heavy atom. The molecule has 0 unspecified atom stereocenters. The second kappa shape index (κ2) is 4.60. The summed E-state index contributed by atoms with van der Waals surface area (Å²) in [6, 6.07) is 1.67. The highest BCUT2D eigenvalue weighted by Gasteiger charge is 2.09. The minimum atomic E-state index is -0.463. The Labute approximate surface area is 102 Å². The van der Waals surface area contributed by atoms with Crippen molar-refractivity contribution in [3.05, 3.63) is 17.6 Å². The number of carbonyl (C=O) groups is 1. The van der Waals surface area contributed by atoms with Crippen molar-refractivity contribution in [2.24, 2.45) is 0 Å². The van der Waals surface area contributed by atoms with Gasteiger partial charge in [0, 0.05) is 12.1 Å². The van der Waals surface area contributed by atoms with E-state index in [1.54, 1.807) is 18.5 Å². The molecule has 0 spiro atoms. The van der Waals surface area contributed by atoms with Gasteiger partial charge >= 0.3 is 0 Å². The highest BCUT2D eigenvalue weighted by atomic mass is 32.1. The lowest BCUT2D eigenvalue weighted by Crippen LogP contribution is -2.19. The summed E-state index contributed by atoms with van der Waals surface area (Å²) in [6.07, 6.45) is 0.528. The van der Waals surface area contributed by atoms with Crippen molar-refractivity contribution in [2.75, 3.05) is 0 Å². The maximum absolute atomic E-state index is 10.9. The van der Waals surface area contributed by atoms with Gasteiger partial charge in [-0.25, -0.2) is 10.5 Å². The Morgan fingerprint density at radius 1 is 1.59 bits per heavy atom. The first kappa shape index (κ1) is 11.7. The molecule has 2 rings (SSSR count). The Kier molecular flexibility index (Phi) is 3.16. The molecule has 0 aliphatic heterocycles. The second-order valence-corrected chi connectivity index (χ2v) is 3.91. The minimum Gasteiger partial charge on any atom is -0.289 e. The lowest BCUT2D eigenvalue weighted by molar-refractivity contribution is -0.129. The Bertz CT molecular complexity index is 568. The predicted molar refractivity (Wildman–Crippen MR) is 59.6 cm³/mol. The van der Waals surface area contributed by atoms with E-state index in [0.29, 0.717) is 28.7 Å². The predicted octanol–water partition coefficient (Wildman–Crippen LogP) is 0.427. The highest BCUT2D eigenvalue weighted by Crippen LogP contribution is 2.11. The fourth-order valence-corrected chi connectivity index (χ4v) is 1.67. The van der Waals surface area contributed by atoms with Crippen LogP contribution in [-0.4, -0.2) is 30.7 Å². The molecular formula is C9H10N5O2S. The van der Waals surface area contributed by atoms with Crippen LogP contribution in [0.2, 0.25) is 0 Å². The molecular weight excluding hydrogens is 242 g/mol. The monoisotopic (exact) mass is 252 g/mol. The van der Waals surface area contributed by atoms with Crippen LogP contribution in [0, 0.1) is 6.92 Å². The molecule has 0 bridgehead atoms. The third-order valence-corrected chi connectivity index (χ3v) is 2.46. The number of amides is 1. The van der Waals surface area contributed by atoms with Crippen molar-refractivity contribution in [1.29, 1.82) is 0 Å². The molecule has 0 saturated carbocycles. The Balaban J connectivity index is 2.27. The third-order valence-electron chi connectivity index (χ3n) is 2.17. The summed E-state index contributed by atoms with van der Waals surface area (Å²) in [5.74, 6) is 0.554. The van der Waals surface area contributed by atoms with Gasteiger partial charge < -0.3 is 0 Å². The number of hydrogen-bond acceptors (Lipinski definition) is 5. The second-order valence-electron chi connectivity index (χ2n) is 3.49. The topological polar surface area (TPSA) is 92.4 Å². The first-order valence-electron chi connectivity index (χ1n) is 4.93. The van der Waals surface area contributed by atoms with Gasteiger partial charge in [0.05, 0.1) is 0 Å². The van der Waals surface area contributed by atoms with Crippen molar-refractivity contribution in [3.8, 4) is 0 Å². The largest absolute Gasteiger partial charge is 0.289 e. The van der Waals surface area contributed by atoms with E-state index in [2.05, 4.69) is 15.1 Å². The van der Waals surface area contributed by atoms with Gasteiger partial charge in [-0.1, -0.05) is 12.6 Å². The maximum Gasteiger partial charge on any atom is 0.253 e. The molecule has 2 aromatic heterocycles. The summed E-state index contributed by atoms with van der Waals surface area (Å²) in [7, 11) is 0. The molecule has 1 amide bonds. The molecule has 0 aromatic carbocycles. The molecule has 2 aromatic rings. The Hall–Kier alpha value is -1.80. The molecule has 8 heteroatoms. The van der Waals surface area contributed by atoms with Gasteiger partial charge in [-0.2, -0.15) is 9.50 Å². The summed E-state index contributed by atoms with van der Waals surface area (Å²) in [4.78, 5) is 19.2. The molecule has 0 fully saturated rings. The minimum absolute atomic E-state index is 0.140. The molecule has 1 radical (unpaired) electrons. The normalized spacial score (nSPS) is 10.7. The fraction of sp³-hybridized carbons (Fsp3) is 0.333. The number of hydroxylamine groups is 1. The van der Waals surface area contributed by atoms with Crippen LogP contribution in [0.1, 0.15) is 17.9 Å². The summed E-state index contributed by atoms with van der Waals surface area (Å²) in [6.45, 7) is 1.75. The summed E-state index contributed by atoms with van der Waals surface area (Å²) in [5.41, 5.74) is 2.22. The van der Waals surface area contributed by atoms with Gasteiger partial charge in [-0.05, 0) is 19.4 Å². The molecule has 7 nitrogen and oxygen atoms in total. The van der Waals surface area contributed by atoms with Crippen molar-refractivity contribution < 1.29 is 10.0 Å². The van der Waals surface area contributed by atoms with Gasteiger partial charge in [0.1, 0.15) is 10.9 Å². The van der Waals surface area contributed by atoms with Crippen LogP contribution in [0.3, 0.4) is 0 Å². The van der Waals surface area contributed by atoms with E-state index in [0.717, 1.165) is 0 Å². The molecule has 2 heterocycles. The van der Waals surface area contributed by atoms with Crippen LogP contribution in [0.5, 0.6) is 0 Å². The van der Waals surface area contributed by atoms with Crippen molar-refractivity contribution in [3.63, 3.8) is 0 Å². The Morgan fingerprint density at radius 3 is 3.06 bits per heavy atom. The number of aromatic nitrogens is 4. The zero-order chi connectivity index (χ0) is 12.4. The zero-order valence-electron chi connectivity index (χ0n) is 9.04. The van der Waals surface area contributed by atoms with Crippen LogP contribution >= 0.6 is 12.6 Å². The van der Waals surface area contributed by atoms with Crippen LogP contribution in [0.4, 0.5) is 0 Å². The van der Waals surface area contributed by atoms with Gasteiger partial charge in [0.15, 0.2) is 0 Å². The molecule has 0 atom stereocenters. The van der Waals surface area contributed by atoms with E-state index in [9.17, 15) is 4.79 Å². The molecule has 17 heavy (non-hydrogen) atoms. The average molecular weight is 252 g/mol. The van der Waals surface area contributed by atoms with E-state index in [4.69, 9.17) is 17.8 Å². The van der Waals surface area contributed by atoms with E-state index in [1.165, 1.54) is 4.52 Å².